The van der Waals surface area contributed by atoms with Gasteiger partial charge in [-0.2, -0.15) is 0 Å². The molecule has 2 N–H and O–H groups in total. The average Bonchev–Trinajstić information content (AvgIpc) is 2.72. The highest BCUT2D eigenvalue weighted by Gasteiger charge is 2.37. The number of rotatable bonds is 13. The van der Waals surface area contributed by atoms with Crippen LogP contribution in [0.15, 0.2) is 30.3 Å². The van der Waals surface area contributed by atoms with Crippen LogP contribution in [0, 0.1) is 0 Å². The van der Waals surface area contributed by atoms with Crippen LogP contribution in [0.4, 0.5) is 5.69 Å². The lowest BCUT2D eigenvalue weighted by Crippen LogP contribution is -2.56. The lowest BCUT2D eigenvalue weighted by Gasteiger charge is -2.32. The molecule has 0 spiro atoms. The van der Waals surface area contributed by atoms with E-state index in [1.165, 1.54) is 5.01 Å². The van der Waals surface area contributed by atoms with Crippen molar-refractivity contribution in [3.63, 3.8) is 0 Å². The maximum Gasteiger partial charge on any atom is 0.270 e. The zero-order chi connectivity index (χ0) is 21.7. The van der Waals surface area contributed by atoms with Gasteiger partial charge >= 0.3 is 0 Å². The lowest BCUT2D eigenvalue weighted by molar-refractivity contribution is -0.143. The summed E-state index contributed by atoms with van der Waals surface area (Å²) < 4.78 is 0. The molecule has 0 saturated heterocycles. The van der Waals surface area contributed by atoms with Gasteiger partial charge in [-0.05, 0) is 31.9 Å². The highest BCUT2D eigenvalue weighted by molar-refractivity contribution is 9.10. The molecule has 1 aromatic carbocycles. The first-order valence-electron chi connectivity index (χ1n) is 10.9. The number of hydrogen-bond donors (Lipinski definition) is 2. The van der Waals surface area contributed by atoms with Gasteiger partial charge in [0.1, 0.15) is 5.60 Å². The molecule has 29 heavy (non-hydrogen) atoms. The molecular formula is C23H37BrN2O3. The van der Waals surface area contributed by atoms with Gasteiger partial charge in [-0.3, -0.25) is 15.0 Å². The van der Waals surface area contributed by atoms with Crippen LogP contribution >= 0.6 is 15.9 Å². The Morgan fingerprint density at radius 2 is 1.52 bits per heavy atom. The number of benzene rings is 1. The lowest BCUT2D eigenvalue weighted by atomic mass is 9.89. The Labute approximate surface area is 184 Å². The molecule has 0 aliphatic rings. The summed E-state index contributed by atoms with van der Waals surface area (Å²) in [7, 11) is 0. The van der Waals surface area contributed by atoms with E-state index in [-0.39, 0.29) is 5.91 Å². The third-order valence-corrected chi connectivity index (χ3v) is 5.49. The normalized spacial score (nSPS) is 12.4. The Hall–Kier alpha value is -1.40. The van der Waals surface area contributed by atoms with E-state index >= 15 is 0 Å². The van der Waals surface area contributed by atoms with Gasteiger partial charge in [0.2, 0.25) is 0 Å². The number of anilines is 1. The molecular weight excluding hydrogens is 432 g/mol. The first kappa shape index (κ1) is 25.6. The average molecular weight is 469 g/mol. The Kier molecular flexibility index (Phi) is 12.2. The topological polar surface area (TPSA) is 69.6 Å². The van der Waals surface area contributed by atoms with Gasteiger partial charge in [0.15, 0.2) is 0 Å². The fourth-order valence-electron chi connectivity index (χ4n) is 3.25. The number of nitrogens with one attached hydrogen (secondary N) is 1. The zero-order valence-corrected chi connectivity index (χ0v) is 19.7. The third kappa shape index (κ3) is 8.87. The van der Waals surface area contributed by atoms with Crippen LogP contribution < -0.4 is 10.4 Å². The predicted octanol–water partition coefficient (Wildman–Crippen LogP) is 5.51. The number of carbonyl (C=O) groups excluding carboxylic acids is 2. The fraction of sp³-hybridized carbons (Fsp3) is 0.652. The molecule has 1 aromatic rings. The smallest absolute Gasteiger partial charge is 0.270 e. The molecule has 0 heterocycles. The summed E-state index contributed by atoms with van der Waals surface area (Å²) in [4.78, 5) is 25.4. The van der Waals surface area contributed by atoms with E-state index in [0.29, 0.717) is 18.5 Å². The molecule has 5 nitrogen and oxygen atoms in total. The molecule has 6 heteroatoms. The van der Waals surface area contributed by atoms with Crippen molar-refractivity contribution in [3.05, 3.63) is 30.3 Å². The van der Waals surface area contributed by atoms with Crippen molar-refractivity contribution in [1.29, 1.82) is 0 Å². The molecule has 164 valence electrons. The number of aliphatic hydroxyl groups is 1. The van der Waals surface area contributed by atoms with Gasteiger partial charge in [0.05, 0.1) is 10.5 Å². The van der Waals surface area contributed by atoms with Crippen LogP contribution in [-0.4, -0.2) is 27.3 Å². The van der Waals surface area contributed by atoms with E-state index in [1.54, 1.807) is 19.1 Å². The van der Waals surface area contributed by atoms with Crippen LogP contribution in [0.5, 0.6) is 0 Å². The number of nitrogens with zero attached hydrogens (tertiary/aromatic N) is 1. The first-order valence-corrected chi connectivity index (χ1v) is 11.8. The second-order valence-corrected chi connectivity index (χ2v) is 9.09. The molecule has 0 aliphatic heterocycles. The minimum atomic E-state index is -1.47. The van der Waals surface area contributed by atoms with Crippen LogP contribution in [0.2, 0.25) is 0 Å². The van der Waals surface area contributed by atoms with Crippen molar-refractivity contribution >= 4 is 33.4 Å². The second-order valence-electron chi connectivity index (χ2n) is 7.72. The van der Waals surface area contributed by atoms with E-state index in [1.807, 2.05) is 18.2 Å². The maximum absolute atomic E-state index is 13.1. The molecule has 0 aliphatic carbocycles. The Morgan fingerprint density at radius 1 is 1.00 bits per heavy atom. The highest BCUT2D eigenvalue weighted by Crippen LogP contribution is 2.25. The van der Waals surface area contributed by atoms with E-state index in [4.69, 9.17) is 0 Å². The largest absolute Gasteiger partial charge is 0.380 e. The molecule has 0 aromatic heterocycles. The standard InChI is InChI=1S/C23H37BrN2O3/c1-4-6-8-13-17-23(29,18-14-9-7-5-2)22(28)25-26(21(27)19(3)24)20-15-11-10-12-16-20/h10-12,15-16,19,29H,4-9,13-14,17-18H2,1-3H3,(H,25,28)/t19-/m0/s1. The summed E-state index contributed by atoms with van der Waals surface area (Å²) in [5, 5.41) is 12.5. The Bertz CT molecular complexity index is 595. The van der Waals surface area contributed by atoms with Gasteiger partial charge in [0, 0.05) is 0 Å². The molecule has 0 unspecified atom stereocenters. The minimum absolute atomic E-state index is 0.288. The summed E-state index contributed by atoms with van der Waals surface area (Å²) in [6, 6.07) is 8.98. The number of hydrogen-bond acceptors (Lipinski definition) is 3. The van der Waals surface area contributed by atoms with Crippen molar-refractivity contribution in [2.24, 2.45) is 0 Å². The molecule has 0 radical (unpaired) electrons. The van der Waals surface area contributed by atoms with E-state index < -0.39 is 16.3 Å². The molecule has 0 saturated carbocycles. The molecule has 0 bridgehead atoms. The van der Waals surface area contributed by atoms with Crippen LogP contribution in [0.1, 0.15) is 85.0 Å². The van der Waals surface area contributed by atoms with Crippen molar-refractivity contribution in [3.8, 4) is 0 Å². The maximum atomic E-state index is 13.1. The summed E-state index contributed by atoms with van der Waals surface area (Å²) in [5.41, 5.74) is 1.80. The van der Waals surface area contributed by atoms with Crippen LogP contribution in [0.25, 0.3) is 0 Å². The summed E-state index contributed by atoms with van der Waals surface area (Å²) >= 11 is 3.29. The quantitative estimate of drug-likeness (QED) is 0.228. The van der Waals surface area contributed by atoms with Crippen molar-refractivity contribution in [2.75, 3.05) is 5.01 Å². The Balaban J connectivity index is 2.95. The molecule has 2 amide bonds. The number of unbranched alkanes of at least 4 members (excludes halogenated alkanes) is 6. The second kappa shape index (κ2) is 13.8. The number of para-hydroxylation sites is 1. The Morgan fingerprint density at radius 3 is 1.97 bits per heavy atom. The van der Waals surface area contributed by atoms with E-state index in [9.17, 15) is 14.7 Å². The van der Waals surface area contributed by atoms with Gasteiger partial charge < -0.3 is 5.11 Å². The molecule has 0 fully saturated rings. The number of amides is 2. The molecule has 1 rings (SSSR count). The van der Waals surface area contributed by atoms with E-state index in [2.05, 4.69) is 35.2 Å². The minimum Gasteiger partial charge on any atom is -0.380 e. The van der Waals surface area contributed by atoms with Crippen molar-refractivity contribution in [2.45, 2.75) is 95.4 Å². The van der Waals surface area contributed by atoms with Gasteiger partial charge in [-0.25, -0.2) is 5.01 Å². The third-order valence-electron chi connectivity index (χ3n) is 5.10. The monoisotopic (exact) mass is 468 g/mol. The summed E-state index contributed by atoms with van der Waals surface area (Å²) in [6.07, 6.45) is 8.74. The van der Waals surface area contributed by atoms with Crippen LogP contribution in [0.3, 0.4) is 0 Å². The van der Waals surface area contributed by atoms with Crippen LogP contribution in [-0.2, 0) is 9.59 Å². The van der Waals surface area contributed by atoms with Crippen molar-refractivity contribution < 1.29 is 14.7 Å². The predicted molar refractivity (Wildman–Crippen MR) is 123 cm³/mol. The number of hydrazine groups is 1. The van der Waals surface area contributed by atoms with Gasteiger partial charge in [0.25, 0.3) is 11.8 Å². The zero-order valence-electron chi connectivity index (χ0n) is 18.1. The summed E-state index contributed by atoms with van der Waals surface area (Å²) in [5.74, 6) is -0.792. The SMILES string of the molecule is CCCCCCC(O)(CCCCCC)C(=O)NN(C(=O)[C@H](C)Br)c1ccccc1. The van der Waals surface area contributed by atoms with Gasteiger partial charge in [-0.15, -0.1) is 0 Å². The number of halogens is 1. The summed E-state index contributed by atoms with van der Waals surface area (Å²) in [6.45, 7) is 5.98. The van der Waals surface area contributed by atoms with E-state index in [0.717, 1.165) is 51.4 Å². The molecule has 1 atom stereocenters. The number of carbonyl (C=O) groups is 2. The van der Waals surface area contributed by atoms with Gasteiger partial charge in [-0.1, -0.05) is 99.3 Å². The fourth-order valence-corrected chi connectivity index (χ4v) is 3.45. The van der Waals surface area contributed by atoms with Crippen molar-refractivity contribution in [1.82, 2.24) is 5.43 Å². The first-order chi connectivity index (χ1) is 13.9. The number of alkyl halides is 1. The highest BCUT2D eigenvalue weighted by atomic mass is 79.9.